The zero-order chi connectivity index (χ0) is 29.5. The van der Waals surface area contributed by atoms with E-state index in [0.717, 1.165) is 22.9 Å². The van der Waals surface area contributed by atoms with Gasteiger partial charge in [-0.05, 0) is 55.0 Å². The Hall–Kier alpha value is -3.57. The number of ether oxygens (including phenoxy) is 1. The number of hydrogen-bond acceptors (Lipinski definition) is 5. The van der Waals surface area contributed by atoms with Crippen LogP contribution in [0.25, 0.3) is 0 Å². The molecule has 40 heavy (non-hydrogen) atoms. The predicted octanol–water partition coefficient (Wildman–Crippen LogP) is 6.30. The van der Waals surface area contributed by atoms with Crippen molar-refractivity contribution < 1.29 is 35.9 Å². The maximum Gasteiger partial charge on any atom is 0.416 e. The van der Waals surface area contributed by atoms with Crippen LogP contribution in [0.5, 0.6) is 5.75 Å². The molecule has 0 amide bonds. The van der Waals surface area contributed by atoms with Gasteiger partial charge in [-0.1, -0.05) is 43.1 Å². The van der Waals surface area contributed by atoms with Crippen molar-refractivity contribution in [3.05, 3.63) is 76.6 Å². The lowest BCUT2D eigenvalue weighted by Crippen LogP contribution is -2.35. The van der Waals surface area contributed by atoms with Crippen LogP contribution in [0.15, 0.2) is 48.8 Å². The average Bonchev–Trinajstić information content (AvgIpc) is 2.89. The Bertz CT molecular complexity index is 1250. The van der Waals surface area contributed by atoms with Gasteiger partial charge < -0.3 is 14.4 Å². The highest BCUT2D eigenvalue weighted by atomic mass is 19.4. The highest BCUT2D eigenvalue weighted by Gasteiger charge is 2.37. The minimum Gasteiger partial charge on any atom is -0.490 e. The van der Waals surface area contributed by atoms with Gasteiger partial charge in [0.1, 0.15) is 6.29 Å². The number of halogens is 6. The molecular formula is C28H29BF6N3O2. The molecule has 1 aromatic heterocycles. The number of benzene rings is 2. The maximum absolute atomic E-state index is 13.5. The molecule has 0 fully saturated rings. The van der Waals surface area contributed by atoms with E-state index in [1.54, 1.807) is 0 Å². The number of unbranched alkanes of at least 4 members (excludes halogenated alkanes) is 1. The summed E-state index contributed by atoms with van der Waals surface area (Å²) >= 11 is 0. The van der Waals surface area contributed by atoms with Crippen molar-refractivity contribution in [3.8, 4) is 5.75 Å². The molecule has 12 heteroatoms. The van der Waals surface area contributed by atoms with Gasteiger partial charge in [-0.15, -0.1) is 0 Å². The van der Waals surface area contributed by atoms with Crippen molar-refractivity contribution >= 4 is 25.0 Å². The number of rotatable bonds is 12. The van der Waals surface area contributed by atoms with Crippen molar-refractivity contribution in [2.75, 3.05) is 18.0 Å². The third-order valence-electron chi connectivity index (χ3n) is 6.15. The lowest BCUT2D eigenvalue weighted by Gasteiger charge is -2.24. The number of aldehydes is 1. The van der Waals surface area contributed by atoms with Crippen molar-refractivity contribution in [3.63, 3.8) is 0 Å². The number of anilines is 1. The second-order valence-corrected chi connectivity index (χ2v) is 9.65. The van der Waals surface area contributed by atoms with Gasteiger partial charge in [-0.2, -0.15) is 26.3 Å². The summed E-state index contributed by atoms with van der Waals surface area (Å²) in [6.45, 7) is 5.95. The van der Waals surface area contributed by atoms with Crippen LogP contribution in [0.1, 0.15) is 60.4 Å². The molecule has 5 nitrogen and oxygen atoms in total. The predicted molar refractivity (Wildman–Crippen MR) is 141 cm³/mol. The smallest absolute Gasteiger partial charge is 0.416 e. The van der Waals surface area contributed by atoms with Crippen LogP contribution < -0.4 is 15.1 Å². The summed E-state index contributed by atoms with van der Waals surface area (Å²) in [5, 5.41) is 0. The van der Waals surface area contributed by atoms with Crippen LogP contribution in [0.2, 0.25) is 0 Å². The summed E-state index contributed by atoms with van der Waals surface area (Å²) in [4.78, 5) is 20.5. The van der Waals surface area contributed by atoms with E-state index in [4.69, 9.17) is 4.74 Å². The molecule has 2 aromatic carbocycles. The monoisotopic (exact) mass is 564 g/mol. The minimum absolute atomic E-state index is 0.0973. The first-order valence-corrected chi connectivity index (χ1v) is 12.6. The molecule has 3 rings (SSSR count). The highest BCUT2D eigenvalue weighted by molar-refractivity contribution is 6.54. The first kappa shape index (κ1) is 31.0. The molecule has 213 valence electrons. The number of carbonyl (C=O) groups excluding carboxylic acids is 1. The lowest BCUT2D eigenvalue weighted by atomic mass is 9.67. The molecule has 1 radical (unpaired) electrons. The van der Waals surface area contributed by atoms with Gasteiger partial charge in [0.2, 0.25) is 5.95 Å². The molecular weight excluding hydrogens is 535 g/mol. The Kier molecular flexibility index (Phi) is 10.2. The lowest BCUT2D eigenvalue weighted by molar-refractivity contribution is -0.143. The maximum atomic E-state index is 13.5. The first-order chi connectivity index (χ1) is 18.8. The van der Waals surface area contributed by atoms with Gasteiger partial charge >= 0.3 is 12.4 Å². The fourth-order valence-corrected chi connectivity index (χ4v) is 3.90. The van der Waals surface area contributed by atoms with Crippen LogP contribution in [0, 0.1) is 6.92 Å². The third-order valence-corrected chi connectivity index (χ3v) is 6.15. The molecule has 0 aliphatic rings. The summed E-state index contributed by atoms with van der Waals surface area (Å²) in [7, 11) is 1.84. The van der Waals surface area contributed by atoms with Gasteiger partial charge in [0.25, 0.3) is 0 Å². The molecule has 0 N–H and O–H groups in total. The van der Waals surface area contributed by atoms with Crippen molar-refractivity contribution in [2.45, 2.75) is 58.4 Å². The van der Waals surface area contributed by atoms with Crippen molar-refractivity contribution in [1.29, 1.82) is 0 Å². The number of aromatic nitrogens is 2. The van der Waals surface area contributed by atoms with Gasteiger partial charge in [-0.3, -0.25) is 0 Å². The van der Waals surface area contributed by atoms with E-state index in [9.17, 15) is 31.1 Å². The Morgan fingerprint density at radius 3 is 2.15 bits per heavy atom. The van der Waals surface area contributed by atoms with E-state index in [1.165, 1.54) is 17.3 Å². The summed E-state index contributed by atoms with van der Waals surface area (Å²) in [5.41, 5.74) is -0.0398. The van der Waals surface area contributed by atoms with E-state index in [2.05, 4.69) is 9.97 Å². The Morgan fingerprint density at radius 2 is 1.60 bits per heavy atom. The first-order valence-electron chi connectivity index (χ1n) is 12.6. The van der Waals surface area contributed by atoms with Crippen molar-refractivity contribution in [2.24, 2.45) is 0 Å². The summed E-state index contributed by atoms with van der Waals surface area (Å²) in [6, 6.07) is 7.48. The summed E-state index contributed by atoms with van der Waals surface area (Å²) < 4.78 is 86.3. The van der Waals surface area contributed by atoms with Crippen LogP contribution >= 0.6 is 0 Å². The van der Waals surface area contributed by atoms with Crippen molar-refractivity contribution in [1.82, 2.24) is 9.97 Å². The second kappa shape index (κ2) is 13.2. The largest absolute Gasteiger partial charge is 0.490 e. The minimum atomic E-state index is -4.96. The number of nitrogens with zero attached hydrogens (tertiary/aromatic N) is 3. The topological polar surface area (TPSA) is 55.3 Å². The number of hydrogen-bond donors (Lipinski definition) is 0. The fraction of sp³-hybridized carbons (Fsp3) is 0.393. The van der Waals surface area contributed by atoms with E-state index in [-0.39, 0.29) is 43.1 Å². The molecule has 0 saturated heterocycles. The van der Waals surface area contributed by atoms with Gasteiger partial charge in [0.05, 0.1) is 30.1 Å². The molecule has 0 saturated carbocycles. The Labute approximate surface area is 229 Å². The van der Waals surface area contributed by atoms with Crippen LogP contribution in [0.4, 0.5) is 32.3 Å². The molecule has 1 heterocycles. The van der Waals surface area contributed by atoms with Gasteiger partial charge in [0, 0.05) is 13.0 Å². The number of carbonyl (C=O) groups is 1. The van der Waals surface area contributed by atoms with Crippen LogP contribution in [-0.2, 0) is 23.7 Å². The fourth-order valence-electron chi connectivity index (χ4n) is 3.90. The quantitative estimate of drug-likeness (QED) is 0.112. The van der Waals surface area contributed by atoms with Crippen LogP contribution in [-0.4, -0.2) is 36.6 Å². The molecule has 0 aliphatic carbocycles. The highest BCUT2D eigenvalue weighted by Crippen LogP contribution is 2.36. The van der Waals surface area contributed by atoms with E-state index >= 15 is 0 Å². The summed E-state index contributed by atoms with van der Waals surface area (Å²) in [5.74, 6) is 0.676. The third kappa shape index (κ3) is 8.72. The molecule has 0 atom stereocenters. The molecule has 0 unspecified atom stereocenters. The van der Waals surface area contributed by atoms with E-state index in [1.807, 2.05) is 46.2 Å². The molecule has 0 aliphatic heterocycles. The van der Waals surface area contributed by atoms with Crippen LogP contribution in [0.3, 0.4) is 0 Å². The summed E-state index contributed by atoms with van der Waals surface area (Å²) in [6.07, 6.45) is -5.47. The molecule has 0 spiro atoms. The molecule has 0 bridgehead atoms. The zero-order valence-electron chi connectivity index (χ0n) is 22.3. The normalized spacial score (nSPS) is 11.9. The Balaban J connectivity index is 1.94. The zero-order valence-corrected chi connectivity index (χ0v) is 22.3. The molecule has 3 aromatic rings. The standard InChI is InChI=1S/C28H29BF6N3O2/c1-18(2)21-7-6-19(3)25(12-21)29-17-38(26-36-14-24(15-37-26)40-9-5-4-8-39)16-20-10-22(27(30,31)32)13-23(11-20)28(33,34)35/h6-8,10-15,18H,4-5,9,16-17H2,1-3H3. The van der Waals surface area contributed by atoms with Gasteiger partial charge in [-0.25, -0.2) is 9.97 Å². The SMILES string of the molecule is Cc1ccc(C(C)C)cc1[B]CN(Cc1cc(C(F)(F)F)cc(C(F)(F)F)c1)c1ncc(OCCCC=O)cn1. The Morgan fingerprint density at radius 1 is 0.975 bits per heavy atom. The van der Waals surface area contributed by atoms with E-state index in [0.29, 0.717) is 30.7 Å². The second-order valence-electron chi connectivity index (χ2n) is 9.65. The number of aryl methyl sites for hydroxylation is 1. The van der Waals surface area contributed by atoms with Gasteiger partial charge in [0.15, 0.2) is 13.0 Å². The van der Waals surface area contributed by atoms with E-state index < -0.39 is 23.5 Å². The average molecular weight is 564 g/mol. The number of alkyl halides is 6.